The molecule has 0 aliphatic rings. The summed E-state index contributed by atoms with van der Waals surface area (Å²) in [6.45, 7) is 3.78. The summed E-state index contributed by atoms with van der Waals surface area (Å²) >= 11 is 0. The Bertz CT molecular complexity index is 302. The number of hydrogen-bond acceptors (Lipinski definition) is 3. The lowest BCUT2D eigenvalue weighted by Crippen LogP contribution is -2.21. The van der Waals surface area contributed by atoms with Gasteiger partial charge >= 0.3 is 0 Å². The van der Waals surface area contributed by atoms with Gasteiger partial charge in [-0.1, -0.05) is 0 Å². The topological polar surface area (TPSA) is 54.9 Å². The van der Waals surface area contributed by atoms with Crippen molar-refractivity contribution in [1.29, 1.82) is 0 Å². The van der Waals surface area contributed by atoms with Crippen LogP contribution in [0.4, 0.5) is 0 Å². The van der Waals surface area contributed by atoms with E-state index in [1.54, 1.807) is 7.05 Å². The van der Waals surface area contributed by atoms with Gasteiger partial charge in [-0.25, -0.2) is 9.97 Å². The molecule has 1 amide bonds. The second-order valence-electron chi connectivity index (χ2n) is 2.92. The van der Waals surface area contributed by atoms with E-state index in [2.05, 4.69) is 15.3 Å². The first-order chi connectivity index (χ1) is 6.11. The smallest absolute Gasteiger partial charge is 0.227 e. The van der Waals surface area contributed by atoms with Crippen molar-refractivity contribution in [3.63, 3.8) is 0 Å². The summed E-state index contributed by atoms with van der Waals surface area (Å²) in [4.78, 5) is 19.3. The molecule has 1 N–H and O–H groups in total. The van der Waals surface area contributed by atoms with E-state index in [0.29, 0.717) is 5.82 Å². The molecule has 4 nitrogen and oxygen atoms in total. The zero-order valence-corrected chi connectivity index (χ0v) is 8.09. The first-order valence-electron chi connectivity index (χ1n) is 4.13. The van der Waals surface area contributed by atoms with Crippen LogP contribution >= 0.6 is 0 Å². The van der Waals surface area contributed by atoms with Gasteiger partial charge in [-0.3, -0.25) is 4.79 Å². The minimum atomic E-state index is -0.0648. The van der Waals surface area contributed by atoms with Gasteiger partial charge < -0.3 is 5.32 Å². The molecule has 0 saturated heterocycles. The zero-order valence-electron chi connectivity index (χ0n) is 8.09. The van der Waals surface area contributed by atoms with Gasteiger partial charge in [0.05, 0.1) is 6.42 Å². The van der Waals surface area contributed by atoms with Crippen molar-refractivity contribution in [2.45, 2.75) is 20.3 Å². The first kappa shape index (κ1) is 9.64. The quantitative estimate of drug-likeness (QED) is 0.714. The molecule has 13 heavy (non-hydrogen) atoms. The van der Waals surface area contributed by atoms with Crippen molar-refractivity contribution in [2.24, 2.45) is 0 Å². The summed E-state index contributed by atoms with van der Waals surface area (Å²) in [6.07, 6.45) is 0.249. The van der Waals surface area contributed by atoms with Crippen molar-refractivity contribution in [3.8, 4) is 0 Å². The SMILES string of the molecule is CNC(=O)Cc1nc(C)cc(C)n1. The van der Waals surface area contributed by atoms with E-state index in [1.807, 2.05) is 19.9 Å². The monoisotopic (exact) mass is 179 g/mol. The third-order valence-corrected chi connectivity index (χ3v) is 1.63. The lowest BCUT2D eigenvalue weighted by molar-refractivity contribution is -0.120. The Labute approximate surface area is 77.4 Å². The zero-order chi connectivity index (χ0) is 9.84. The molecule has 0 aliphatic carbocycles. The molecule has 0 radical (unpaired) electrons. The summed E-state index contributed by atoms with van der Waals surface area (Å²) in [5.41, 5.74) is 1.79. The van der Waals surface area contributed by atoms with E-state index in [1.165, 1.54) is 0 Å². The minimum Gasteiger partial charge on any atom is -0.359 e. The summed E-state index contributed by atoms with van der Waals surface area (Å²) < 4.78 is 0. The van der Waals surface area contributed by atoms with Crippen LogP contribution < -0.4 is 5.32 Å². The van der Waals surface area contributed by atoms with Crippen LogP contribution in [-0.4, -0.2) is 22.9 Å². The van der Waals surface area contributed by atoms with Gasteiger partial charge in [0.1, 0.15) is 5.82 Å². The molecule has 0 unspecified atom stereocenters. The maximum absolute atomic E-state index is 11.0. The van der Waals surface area contributed by atoms with Gasteiger partial charge in [0.2, 0.25) is 5.91 Å². The largest absolute Gasteiger partial charge is 0.359 e. The fourth-order valence-corrected chi connectivity index (χ4v) is 1.11. The Balaban J connectivity index is 2.83. The highest BCUT2D eigenvalue weighted by Crippen LogP contribution is 1.99. The summed E-state index contributed by atoms with van der Waals surface area (Å²) in [5.74, 6) is 0.516. The van der Waals surface area contributed by atoms with Gasteiger partial charge in [0.25, 0.3) is 0 Å². The van der Waals surface area contributed by atoms with Crippen LogP contribution in [0.25, 0.3) is 0 Å². The molecule has 70 valence electrons. The number of amides is 1. The van der Waals surface area contributed by atoms with Crippen LogP contribution in [0.3, 0.4) is 0 Å². The maximum atomic E-state index is 11.0. The molecular formula is C9H13N3O. The predicted octanol–water partition coefficient (Wildman–Crippen LogP) is 0.382. The normalized spacial score (nSPS) is 9.77. The number of nitrogens with one attached hydrogen (secondary N) is 1. The number of likely N-dealkylation sites (N-methyl/N-ethyl adjacent to an activating group) is 1. The number of carbonyl (C=O) groups is 1. The molecule has 0 spiro atoms. The lowest BCUT2D eigenvalue weighted by Gasteiger charge is -2.01. The average molecular weight is 179 g/mol. The highest BCUT2D eigenvalue weighted by atomic mass is 16.1. The molecular weight excluding hydrogens is 166 g/mol. The first-order valence-corrected chi connectivity index (χ1v) is 4.13. The third kappa shape index (κ3) is 2.82. The lowest BCUT2D eigenvalue weighted by atomic mass is 10.3. The van der Waals surface area contributed by atoms with Crippen LogP contribution in [0.2, 0.25) is 0 Å². The molecule has 0 aliphatic heterocycles. The van der Waals surface area contributed by atoms with E-state index in [-0.39, 0.29) is 12.3 Å². The van der Waals surface area contributed by atoms with E-state index in [0.717, 1.165) is 11.4 Å². The summed E-state index contributed by atoms with van der Waals surface area (Å²) in [6, 6.07) is 1.88. The van der Waals surface area contributed by atoms with E-state index in [4.69, 9.17) is 0 Å². The third-order valence-electron chi connectivity index (χ3n) is 1.63. The fourth-order valence-electron chi connectivity index (χ4n) is 1.11. The second kappa shape index (κ2) is 3.98. The Hall–Kier alpha value is -1.45. The maximum Gasteiger partial charge on any atom is 0.227 e. The summed E-state index contributed by atoms with van der Waals surface area (Å²) in [7, 11) is 1.60. The molecule has 0 aromatic carbocycles. The molecule has 0 fully saturated rings. The van der Waals surface area contributed by atoms with Gasteiger partial charge in [-0.05, 0) is 19.9 Å². The van der Waals surface area contributed by atoms with E-state index >= 15 is 0 Å². The Morgan fingerprint density at radius 3 is 2.38 bits per heavy atom. The van der Waals surface area contributed by atoms with E-state index in [9.17, 15) is 4.79 Å². The van der Waals surface area contributed by atoms with Crippen LogP contribution in [0, 0.1) is 13.8 Å². The van der Waals surface area contributed by atoms with Gasteiger partial charge in [-0.15, -0.1) is 0 Å². The molecule has 0 atom stereocenters. The Kier molecular flexibility index (Phi) is 2.95. The van der Waals surface area contributed by atoms with Gasteiger partial charge in [0.15, 0.2) is 0 Å². The van der Waals surface area contributed by atoms with E-state index < -0.39 is 0 Å². The number of aryl methyl sites for hydroxylation is 2. The molecule has 0 bridgehead atoms. The highest BCUT2D eigenvalue weighted by Gasteiger charge is 2.04. The number of nitrogens with zero attached hydrogens (tertiary/aromatic N) is 2. The van der Waals surface area contributed by atoms with Crippen LogP contribution in [0.5, 0.6) is 0 Å². The van der Waals surface area contributed by atoms with Crippen molar-refractivity contribution >= 4 is 5.91 Å². The van der Waals surface area contributed by atoms with Crippen molar-refractivity contribution in [2.75, 3.05) is 7.05 Å². The number of rotatable bonds is 2. The number of hydrogen-bond donors (Lipinski definition) is 1. The van der Waals surface area contributed by atoms with Crippen molar-refractivity contribution < 1.29 is 4.79 Å². The molecule has 1 rings (SSSR count). The van der Waals surface area contributed by atoms with Crippen LogP contribution in [0.15, 0.2) is 6.07 Å². The van der Waals surface area contributed by atoms with Gasteiger partial charge in [0, 0.05) is 18.4 Å². The van der Waals surface area contributed by atoms with Crippen LogP contribution in [0.1, 0.15) is 17.2 Å². The van der Waals surface area contributed by atoms with Crippen molar-refractivity contribution in [1.82, 2.24) is 15.3 Å². The molecule has 4 heteroatoms. The average Bonchev–Trinajstić information content (AvgIpc) is 2.02. The van der Waals surface area contributed by atoms with Crippen molar-refractivity contribution in [3.05, 3.63) is 23.3 Å². The summed E-state index contributed by atoms with van der Waals surface area (Å²) in [5, 5.41) is 2.53. The van der Waals surface area contributed by atoms with Crippen LogP contribution in [-0.2, 0) is 11.2 Å². The second-order valence-corrected chi connectivity index (χ2v) is 2.92. The number of carbonyl (C=O) groups excluding carboxylic acids is 1. The fraction of sp³-hybridized carbons (Fsp3) is 0.444. The standard InChI is InChI=1S/C9H13N3O/c1-6-4-7(2)12-8(11-6)5-9(13)10-3/h4H,5H2,1-3H3,(H,10,13). The molecule has 0 saturated carbocycles. The molecule has 1 heterocycles. The predicted molar refractivity (Wildman–Crippen MR) is 49.3 cm³/mol. The highest BCUT2D eigenvalue weighted by molar-refractivity contribution is 5.77. The molecule has 1 aromatic heterocycles. The molecule has 1 aromatic rings. The Morgan fingerprint density at radius 2 is 1.92 bits per heavy atom. The minimum absolute atomic E-state index is 0.0648. The number of aromatic nitrogens is 2. The van der Waals surface area contributed by atoms with Gasteiger partial charge in [-0.2, -0.15) is 0 Å². The Morgan fingerprint density at radius 1 is 1.38 bits per heavy atom.